The molecule has 0 bridgehead atoms. The molecule has 1 aromatic carbocycles. The summed E-state index contributed by atoms with van der Waals surface area (Å²) in [5.41, 5.74) is 1.79. The minimum absolute atomic E-state index is 0.0292. The molecule has 3 aromatic rings. The Balaban J connectivity index is 1.44. The van der Waals surface area contributed by atoms with Crippen LogP contribution in [0, 0.1) is 13.8 Å². The summed E-state index contributed by atoms with van der Waals surface area (Å²) in [4.78, 5) is 20.5. The summed E-state index contributed by atoms with van der Waals surface area (Å²) in [7, 11) is 0. The van der Waals surface area contributed by atoms with Crippen molar-refractivity contribution in [2.75, 3.05) is 13.2 Å². The molecule has 0 N–H and O–H groups in total. The lowest BCUT2D eigenvalue weighted by molar-refractivity contribution is -0.143. The number of carbonyl (C=O) groups excluding carboxylic acids is 1. The first kappa shape index (κ1) is 16.9. The standard InChI is InChI=1S/C18H20N4O3/c1-13-11-14(2)22-18(19-13)20-16(21-22)12-17(23)25-10-6-9-24-15-7-4-3-5-8-15/h3-5,7-8,11H,6,9-10,12H2,1-2H3. The number of fused-ring (bicyclic) bond motifs is 1. The summed E-state index contributed by atoms with van der Waals surface area (Å²) in [5, 5.41) is 4.29. The van der Waals surface area contributed by atoms with Gasteiger partial charge in [0.1, 0.15) is 12.2 Å². The highest BCUT2D eigenvalue weighted by molar-refractivity contribution is 5.71. The van der Waals surface area contributed by atoms with E-state index in [1.807, 2.05) is 50.2 Å². The summed E-state index contributed by atoms with van der Waals surface area (Å²) in [5.74, 6) is 1.36. The molecule has 0 saturated heterocycles. The van der Waals surface area contributed by atoms with Gasteiger partial charge in [0, 0.05) is 17.8 Å². The van der Waals surface area contributed by atoms with Crippen LogP contribution in [0.4, 0.5) is 0 Å². The lowest BCUT2D eigenvalue weighted by atomic mass is 10.3. The van der Waals surface area contributed by atoms with Gasteiger partial charge in [-0.3, -0.25) is 4.79 Å². The Labute approximate surface area is 145 Å². The number of nitrogens with zero attached hydrogens (tertiary/aromatic N) is 4. The quantitative estimate of drug-likeness (QED) is 0.485. The molecule has 0 saturated carbocycles. The highest BCUT2D eigenvalue weighted by Gasteiger charge is 2.12. The second-order valence-corrected chi connectivity index (χ2v) is 5.69. The van der Waals surface area contributed by atoms with E-state index in [4.69, 9.17) is 9.47 Å². The maximum Gasteiger partial charge on any atom is 0.313 e. The number of ether oxygens (including phenoxy) is 2. The second kappa shape index (κ2) is 7.74. The molecule has 0 radical (unpaired) electrons. The van der Waals surface area contributed by atoms with E-state index < -0.39 is 0 Å². The Morgan fingerprint density at radius 1 is 1.12 bits per heavy atom. The molecule has 0 fully saturated rings. The minimum Gasteiger partial charge on any atom is -0.493 e. The van der Waals surface area contributed by atoms with Gasteiger partial charge in [0.2, 0.25) is 0 Å². The molecule has 3 rings (SSSR count). The van der Waals surface area contributed by atoms with E-state index in [9.17, 15) is 4.79 Å². The fourth-order valence-electron chi connectivity index (χ4n) is 2.41. The lowest BCUT2D eigenvalue weighted by Gasteiger charge is -2.06. The van der Waals surface area contributed by atoms with Gasteiger partial charge in [-0.05, 0) is 32.0 Å². The molecule has 0 aliphatic heterocycles. The highest BCUT2D eigenvalue weighted by atomic mass is 16.5. The number of aromatic nitrogens is 4. The van der Waals surface area contributed by atoms with Crippen molar-refractivity contribution in [2.45, 2.75) is 26.7 Å². The van der Waals surface area contributed by atoms with E-state index in [-0.39, 0.29) is 12.4 Å². The van der Waals surface area contributed by atoms with Crippen LogP contribution in [0.3, 0.4) is 0 Å². The monoisotopic (exact) mass is 340 g/mol. The lowest BCUT2D eigenvalue weighted by Crippen LogP contribution is -2.12. The third-order valence-corrected chi connectivity index (χ3v) is 3.53. The number of carbonyl (C=O) groups is 1. The van der Waals surface area contributed by atoms with Gasteiger partial charge in [0.25, 0.3) is 5.78 Å². The number of esters is 1. The van der Waals surface area contributed by atoms with Crippen molar-refractivity contribution in [3.05, 3.63) is 53.6 Å². The van der Waals surface area contributed by atoms with Crippen molar-refractivity contribution >= 4 is 11.7 Å². The minimum atomic E-state index is -0.356. The van der Waals surface area contributed by atoms with Crippen LogP contribution < -0.4 is 4.74 Å². The van der Waals surface area contributed by atoms with Crippen molar-refractivity contribution in [3.63, 3.8) is 0 Å². The average molecular weight is 340 g/mol. The van der Waals surface area contributed by atoms with E-state index in [2.05, 4.69) is 15.1 Å². The first-order valence-electron chi connectivity index (χ1n) is 8.15. The predicted molar refractivity (Wildman–Crippen MR) is 91.5 cm³/mol. The summed E-state index contributed by atoms with van der Waals surface area (Å²) in [6, 6.07) is 11.4. The van der Waals surface area contributed by atoms with Gasteiger partial charge in [-0.2, -0.15) is 4.98 Å². The number of hydrogen-bond acceptors (Lipinski definition) is 6. The topological polar surface area (TPSA) is 78.6 Å². The van der Waals surface area contributed by atoms with Gasteiger partial charge < -0.3 is 9.47 Å². The molecule has 0 aliphatic carbocycles. The molecular weight excluding hydrogens is 320 g/mol. The smallest absolute Gasteiger partial charge is 0.313 e. The van der Waals surface area contributed by atoms with Gasteiger partial charge in [-0.25, -0.2) is 9.50 Å². The van der Waals surface area contributed by atoms with Gasteiger partial charge >= 0.3 is 5.97 Å². The Bertz CT molecular complexity index is 861. The Kier molecular flexibility index (Phi) is 5.23. The van der Waals surface area contributed by atoms with Gasteiger partial charge in [-0.1, -0.05) is 18.2 Å². The molecular formula is C18H20N4O3. The molecule has 0 spiro atoms. The Morgan fingerprint density at radius 2 is 1.92 bits per heavy atom. The fraction of sp³-hybridized carbons (Fsp3) is 0.333. The first-order chi connectivity index (χ1) is 12.1. The number of rotatable bonds is 7. The molecule has 130 valence electrons. The van der Waals surface area contributed by atoms with Crippen LogP contribution in [0.15, 0.2) is 36.4 Å². The third kappa shape index (κ3) is 4.53. The number of hydrogen-bond donors (Lipinski definition) is 0. The fourth-order valence-corrected chi connectivity index (χ4v) is 2.41. The second-order valence-electron chi connectivity index (χ2n) is 5.69. The number of benzene rings is 1. The predicted octanol–water partition coefficient (Wildman–Crippen LogP) is 2.30. The molecule has 2 heterocycles. The van der Waals surface area contributed by atoms with Gasteiger partial charge in [0.15, 0.2) is 5.82 Å². The maximum absolute atomic E-state index is 11.9. The average Bonchev–Trinajstić information content (AvgIpc) is 2.98. The van der Waals surface area contributed by atoms with Crippen molar-refractivity contribution in [2.24, 2.45) is 0 Å². The zero-order valence-electron chi connectivity index (χ0n) is 14.3. The molecule has 25 heavy (non-hydrogen) atoms. The third-order valence-electron chi connectivity index (χ3n) is 3.53. The molecule has 7 nitrogen and oxygen atoms in total. The Morgan fingerprint density at radius 3 is 2.72 bits per heavy atom. The van der Waals surface area contributed by atoms with E-state index in [1.165, 1.54) is 0 Å². The van der Waals surface area contributed by atoms with Crippen LogP contribution in [0.5, 0.6) is 5.75 Å². The zero-order chi connectivity index (χ0) is 17.6. The van der Waals surface area contributed by atoms with Crippen molar-refractivity contribution in [1.29, 1.82) is 0 Å². The van der Waals surface area contributed by atoms with E-state index >= 15 is 0 Å². The van der Waals surface area contributed by atoms with Gasteiger partial charge in [-0.15, -0.1) is 5.10 Å². The SMILES string of the molecule is Cc1cc(C)n2nc(CC(=O)OCCCOc3ccccc3)nc2n1. The van der Waals surface area contributed by atoms with E-state index in [0.29, 0.717) is 31.2 Å². The van der Waals surface area contributed by atoms with Crippen molar-refractivity contribution in [3.8, 4) is 5.75 Å². The van der Waals surface area contributed by atoms with Crippen LogP contribution in [-0.4, -0.2) is 38.8 Å². The van der Waals surface area contributed by atoms with Gasteiger partial charge in [0.05, 0.1) is 13.2 Å². The van der Waals surface area contributed by atoms with Crippen LogP contribution in [0.2, 0.25) is 0 Å². The molecule has 0 atom stereocenters. The molecule has 0 aliphatic rings. The summed E-state index contributed by atoms with van der Waals surface area (Å²) >= 11 is 0. The highest BCUT2D eigenvalue weighted by Crippen LogP contribution is 2.09. The summed E-state index contributed by atoms with van der Waals surface area (Å²) in [6.07, 6.45) is 0.653. The van der Waals surface area contributed by atoms with E-state index in [0.717, 1.165) is 17.1 Å². The van der Waals surface area contributed by atoms with Crippen molar-refractivity contribution in [1.82, 2.24) is 19.6 Å². The van der Waals surface area contributed by atoms with Crippen molar-refractivity contribution < 1.29 is 14.3 Å². The molecule has 0 unspecified atom stereocenters. The van der Waals surface area contributed by atoms with Crippen LogP contribution in [-0.2, 0) is 16.0 Å². The molecule has 0 amide bonds. The van der Waals surface area contributed by atoms with E-state index in [1.54, 1.807) is 4.52 Å². The molecule has 7 heteroatoms. The summed E-state index contributed by atoms with van der Waals surface area (Å²) in [6.45, 7) is 4.61. The zero-order valence-corrected chi connectivity index (χ0v) is 14.3. The number of para-hydroxylation sites is 1. The summed E-state index contributed by atoms with van der Waals surface area (Å²) < 4.78 is 12.4. The maximum atomic E-state index is 11.9. The first-order valence-corrected chi connectivity index (χ1v) is 8.15. The molecule has 2 aromatic heterocycles. The van der Waals surface area contributed by atoms with Crippen LogP contribution in [0.25, 0.3) is 5.78 Å². The van der Waals surface area contributed by atoms with Crippen LogP contribution in [0.1, 0.15) is 23.6 Å². The number of aryl methyl sites for hydroxylation is 2. The normalized spacial score (nSPS) is 10.8. The largest absolute Gasteiger partial charge is 0.493 e. The Hall–Kier alpha value is -2.96. The van der Waals surface area contributed by atoms with Crippen LogP contribution >= 0.6 is 0 Å².